The predicted octanol–water partition coefficient (Wildman–Crippen LogP) is 1.77. The lowest BCUT2D eigenvalue weighted by Gasteiger charge is -2.48. The van der Waals surface area contributed by atoms with Gasteiger partial charge in [0.25, 0.3) is 0 Å². The fraction of sp³-hybridized carbons (Fsp3) is 0.765. The number of carbonyl (C=O) groups excluding carboxylic acids is 1. The van der Waals surface area contributed by atoms with Crippen molar-refractivity contribution in [3.05, 3.63) is 11.1 Å². The molecule has 1 aromatic heterocycles. The average molecular weight is 353 g/mol. The summed E-state index contributed by atoms with van der Waals surface area (Å²) in [6, 6.07) is 0. The quantitative estimate of drug-likeness (QED) is 0.817. The molecule has 1 aromatic rings. The molecule has 7 heteroatoms. The van der Waals surface area contributed by atoms with Crippen LogP contribution >= 0.6 is 11.3 Å². The Morgan fingerprint density at radius 1 is 1.42 bits per heavy atom. The number of piperidine rings is 2. The molecular weight excluding hydrogens is 324 g/mol. The number of hydrogen-bond donors (Lipinski definition) is 2. The van der Waals surface area contributed by atoms with Gasteiger partial charge < -0.3 is 15.3 Å². The Balaban J connectivity index is 1.62. The van der Waals surface area contributed by atoms with Crippen LogP contribution in [0.3, 0.4) is 0 Å². The summed E-state index contributed by atoms with van der Waals surface area (Å²) in [6.45, 7) is 4.74. The molecule has 0 saturated carbocycles. The molecule has 1 amide bonds. The van der Waals surface area contributed by atoms with Crippen LogP contribution in [-0.4, -0.2) is 65.6 Å². The van der Waals surface area contributed by atoms with Crippen LogP contribution in [0, 0.1) is 5.41 Å². The molecule has 2 fully saturated rings. The second-order valence-electron chi connectivity index (χ2n) is 7.10. The molecule has 0 radical (unpaired) electrons. The molecule has 2 saturated heterocycles. The van der Waals surface area contributed by atoms with Gasteiger partial charge in [0, 0.05) is 57.0 Å². The molecule has 1 atom stereocenters. The SMILES string of the molecule is CNc1nc(CN2CCC[C@@]3(CCC(=O)N(CCCO)C3)C2)cs1. The zero-order valence-electron chi connectivity index (χ0n) is 14.5. The van der Waals surface area contributed by atoms with Crippen LogP contribution in [0.5, 0.6) is 0 Å². The van der Waals surface area contributed by atoms with E-state index in [0.29, 0.717) is 19.4 Å². The third-order valence-corrected chi connectivity index (χ3v) is 6.13. The summed E-state index contributed by atoms with van der Waals surface area (Å²) < 4.78 is 0. The van der Waals surface area contributed by atoms with E-state index in [0.717, 1.165) is 43.4 Å². The Morgan fingerprint density at radius 2 is 2.29 bits per heavy atom. The molecule has 2 aliphatic rings. The van der Waals surface area contributed by atoms with Crippen molar-refractivity contribution in [3.8, 4) is 0 Å². The van der Waals surface area contributed by atoms with Crippen LogP contribution in [0.4, 0.5) is 5.13 Å². The number of thiazole rings is 1. The first-order valence-electron chi connectivity index (χ1n) is 8.87. The Morgan fingerprint density at radius 3 is 3.04 bits per heavy atom. The lowest BCUT2D eigenvalue weighted by Crippen LogP contribution is -2.54. The average Bonchev–Trinajstić information content (AvgIpc) is 3.04. The number of carbonyl (C=O) groups is 1. The van der Waals surface area contributed by atoms with E-state index < -0.39 is 0 Å². The van der Waals surface area contributed by atoms with Gasteiger partial charge in [-0.05, 0) is 32.2 Å². The number of nitrogens with zero attached hydrogens (tertiary/aromatic N) is 3. The van der Waals surface area contributed by atoms with E-state index in [4.69, 9.17) is 5.11 Å². The fourth-order valence-corrected chi connectivity index (χ4v) is 4.73. The van der Waals surface area contributed by atoms with E-state index in [1.54, 1.807) is 11.3 Å². The van der Waals surface area contributed by atoms with Crippen LogP contribution in [-0.2, 0) is 11.3 Å². The first-order valence-corrected chi connectivity index (χ1v) is 9.75. The topological polar surface area (TPSA) is 68.7 Å². The molecule has 3 heterocycles. The maximum absolute atomic E-state index is 12.1. The molecule has 134 valence electrons. The van der Waals surface area contributed by atoms with Crippen LogP contribution in [0.25, 0.3) is 0 Å². The van der Waals surface area contributed by atoms with Crippen molar-refractivity contribution in [3.63, 3.8) is 0 Å². The monoisotopic (exact) mass is 352 g/mol. The molecule has 6 nitrogen and oxygen atoms in total. The molecule has 2 N–H and O–H groups in total. The van der Waals surface area contributed by atoms with E-state index >= 15 is 0 Å². The van der Waals surface area contributed by atoms with Crippen molar-refractivity contribution in [1.82, 2.24) is 14.8 Å². The molecular formula is C17H28N4O2S. The minimum Gasteiger partial charge on any atom is -0.396 e. The highest BCUT2D eigenvalue weighted by atomic mass is 32.1. The molecule has 0 aromatic carbocycles. The van der Waals surface area contributed by atoms with Crippen molar-refractivity contribution in [2.24, 2.45) is 5.41 Å². The lowest BCUT2D eigenvalue weighted by molar-refractivity contribution is -0.139. The molecule has 3 rings (SSSR count). The minimum atomic E-state index is 0.153. The number of aliphatic hydroxyl groups excluding tert-OH is 1. The van der Waals surface area contributed by atoms with Gasteiger partial charge >= 0.3 is 0 Å². The van der Waals surface area contributed by atoms with E-state index in [9.17, 15) is 4.79 Å². The minimum absolute atomic E-state index is 0.153. The van der Waals surface area contributed by atoms with Gasteiger partial charge in [-0.1, -0.05) is 0 Å². The number of amides is 1. The highest BCUT2D eigenvalue weighted by molar-refractivity contribution is 7.13. The van der Waals surface area contributed by atoms with E-state index in [-0.39, 0.29) is 17.9 Å². The number of rotatable bonds is 6. The molecule has 0 bridgehead atoms. The smallest absolute Gasteiger partial charge is 0.222 e. The maximum Gasteiger partial charge on any atom is 0.222 e. The normalized spacial score (nSPS) is 25.4. The Labute approximate surface area is 147 Å². The van der Waals surface area contributed by atoms with Crippen molar-refractivity contribution in [2.45, 2.75) is 38.6 Å². The largest absolute Gasteiger partial charge is 0.396 e. The van der Waals surface area contributed by atoms with Gasteiger partial charge in [0.15, 0.2) is 5.13 Å². The summed E-state index contributed by atoms with van der Waals surface area (Å²) >= 11 is 1.65. The summed E-state index contributed by atoms with van der Waals surface area (Å²) in [6.07, 6.45) is 4.71. The zero-order valence-corrected chi connectivity index (χ0v) is 15.3. The Hall–Kier alpha value is -1.18. The van der Waals surface area contributed by atoms with Gasteiger partial charge in [0.05, 0.1) is 5.69 Å². The van der Waals surface area contributed by atoms with Crippen molar-refractivity contribution in [2.75, 3.05) is 45.2 Å². The summed E-state index contributed by atoms with van der Waals surface area (Å²) in [5.74, 6) is 0.254. The predicted molar refractivity (Wildman–Crippen MR) is 96.1 cm³/mol. The number of likely N-dealkylation sites (tertiary alicyclic amines) is 2. The van der Waals surface area contributed by atoms with E-state index in [1.165, 1.54) is 12.8 Å². The van der Waals surface area contributed by atoms with Crippen molar-refractivity contribution in [1.29, 1.82) is 0 Å². The standard InChI is InChI=1S/C17H28N4O2S/c1-18-16-19-14(11-24-16)10-20-7-2-5-17(12-20)6-4-15(23)21(13-17)8-3-9-22/h11,22H,2-10,12-13H2,1H3,(H,18,19)/t17-/m1/s1. The van der Waals surface area contributed by atoms with Gasteiger partial charge in [-0.25, -0.2) is 4.98 Å². The number of hydrogen-bond acceptors (Lipinski definition) is 6. The highest BCUT2D eigenvalue weighted by Gasteiger charge is 2.41. The molecule has 24 heavy (non-hydrogen) atoms. The van der Waals surface area contributed by atoms with E-state index in [2.05, 4.69) is 20.6 Å². The third kappa shape index (κ3) is 4.07. The maximum atomic E-state index is 12.1. The Kier molecular flexibility index (Phi) is 5.73. The van der Waals surface area contributed by atoms with Gasteiger partial charge in [-0.3, -0.25) is 9.69 Å². The first-order chi connectivity index (χ1) is 11.6. The molecule has 2 aliphatic heterocycles. The first kappa shape index (κ1) is 17.6. The highest BCUT2D eigenvalue weighted by Crippen LogP contribution is 2.39. The van der Waals surface area contributed by atoms with Crippen LogP contribution in [0.2, 0.25) is 0 Å². The second-order valence-corrected chi connectivity index (χ2v) is 7.96. The van der Waals surface area contributed by atoms with Crippen molar-refractivity contribution >= 4 is 22.4 Å². The van der Waals surface area contributed by atoms with Crippen LogP contribution in [0.1, 0.15) is 37.8 Å². The number of aliphatic hydroxyl groups is 1. The number of anilines is 1. The molecule has 1 spiro atoms. The summed E-state index contributed by atoms with van der Waals surface area (Å²) in [7, 11) is 1.90. The molecule has 0 aliphatic carbocycles. The summed E-state index contributed by atoms with van der Waals surface area (Å²) in [4.78, 5) is 21.2. The van der Waals surface area contributed by atoms with Gasteiger partial charge in [0.2, 0.25) is 5.91 Å². The Bertz CT molecular complexity index is 565. The van der Waals surface area contributed by atoms with Crippen LogP contribution < -0.4 is 5.32 Å². The van der Waals surface area contributed by atoms with E-state index in [1.807, 2.05) is 11.9 Å². The zero-order chi connectivity index (χ0) is 17.0. The molecule has 0 unspecified atom stereocenters. The lowest BCUT2D eigenvalue weighted by atomic mass is 9.73. The second kappa shape index (κ2) is 7.80. The number of nitrogens with one attached hydrogen (secondary N) is 1. The van der Waals surface area contributed by atoms with Gasteiger partial charge in [0.1, 0.15) is 0 Å². The number of aromatic nitrogens is 1. The van der Waals surface area contributed by atoms with Gasteiger partial charge in [-0.15, -0.1) is 11.3 Å². The van der Waals surface area contributed by atoms with Crippen LogP contribution in [0.15, 0.2) is 5.38 Å². The third-order valence-electron chi connectivity index (χ3n) is 5.23. The van der Waals surface area contributed by atoms with Gasteiger partial charge in [-0.2, -0.15) is 0 Å². The summed E-state index contributed by atoms with van der Waals surface area (Å²) in [5.41, 5.74) is 1.36. The summed E-state index contributed by atoms with van der Waals surface area (Å²) in [5, 5.41) is 15.2. The van der Waals surface area contributed by atoms with Crippen molar-refractivity contribution < 1.29 is 9.90 Å². The fourth-order valence-electron chi connectivity index (χ4n) is 4.07.